The van der Waals surface area contributed by atoms with Gasteiger partial charge < -0.3 is 15.3 Å². The highest BCUT2D eigenvalue weighted by Crippen LogP contribution is 2.49. The van der Waals surface area contributed by atoms with Crippen molar-refractivity contribution in [2.75, 3.05) is 6.61 Å². The van der Waals surface area contributed by atoms with Gasteiger partial charge >= 0.3 is 0 Å². The average Bonchev–Trinajstić information content (AvgIpc) is 3.12. The van der Waals surface area contributed by atoms with Gasteiger partial charge in [0.1, 0.15) is 5.75 Å². The molecule has 1 aromatic carbocycles. The molecule has 3 aliphatic rings. The normalized spacial score (nSPS) is 26.7. The number of hydrogen-bond donors (Lipinski definition) is 3. The first-order chi connectivity index (χ1) is 17.2. The van der Waals surface area contributed by atoms with Crippen molar-refractivity contribution < 1.29 is 24.9 Å². The molecule has 1 saturated carbocycles. The summed E-state index contributed by atoms with van der Waals surface area (Å²) >= 11 is 0. The van der Waals surface area contributed by atoms with Crippen LogP contribution in [0.3, 0.4) is 0 Å². The molecule has 4 rings (SSSR count). The lowest BCUT2D eigenvalue weighted by molar-refractivity contribution is -0.143. The highest BCUT2D eigenvalue weighted by Gasteiger charge is 2.56. The van der Waals surface area contributed by atoms with E-state index >= 15 is 0 Å². The Bertz CT molecular complexity index is 1040. The molecule has 3 N–H and O–H groups in total. The molecule has 0 radical (unpaired) electrons. The number of allylic oxidation sites excluding steroid dienone is 2. The van der Waals surface area contributed by atoms with Gasteiger partial charge in [-0.25, -0.2) is 0 Å². The highest BCUT2D eigenvalue weighted by molar-refractivity contribution is 6.06. The minimum atomic E-state index is -0.806. The lowest BCUT2D eigenvalue weighted by Gasteiger charge is -2.38. The van der Waals surface area contributed by atoms with E-state index in [4.69, 9.17) is 0 Å². The number of hydrogen-bond acceptors (Lipinski definition) is 5. The average molecular weight is 496 g/mol. The zero-order valence-corrected chi connectivity index (χ0v) is 21.8. The van der Waals surface area contributed by atoms with Gasteiger partial charge in [-0.15, -0.1) is 0 Å². The number of aliphatic hydroxyl groups is 2. The topological polar surface area (TPSA) is 98.1 Å². The molecule has 2 aliphatic carbocycles. The van der Waals surface area contributed by atoms with Gasteiger partial charge in [0.2, 0.25) is 11.8 Å². The van der Waals surface area contributed by atoms with Crippen LogP contribution >= 0.6 is 0 Å². The van der Waals surface area contributed by atoms with Crippen LogP contribution in [0.2, 0.25) is 0 Å². The number of fused-ring (bicyclic) bond motifs is 1. The first kappa shape index (κ1) is 26.6. The van der Waals surface area contributed by atoms with Crippen LogP contribution in [0.5, 0.6) is 5.75 Å². The van der Waals surface area contributed by atoms with E-state index in [1.54, 1.807) is 12.1 Å². The number of phenolic OH excluding ortho intramolecular Hbond substituents is 1. The van der Waals surface area contributed by atoms with Crippen LogP contribution < -0.4 is 0 Å². The van der Waals surface area contributed by atoms with Crippen LogP contribution in [0.1, 0.15) is 77.7 Å². The number of aliphatic hydroxyl groups excluding tert-OH is 2. The van der Waals surface area contributed by atoms with Gasteiger partial charge in [0, 0.05) is 17.5 Å². The number of carbonyl (C=O) groups is 2. The van der Waals surface area contributed by atoms with Gasteiger partial charge in [-0.2, -0.15) is 0 Å². The van der Waals surface area contributed by atoms with Crippen molar-refractivity contribution in [3.63, 3.8) is 0 Å². The van der Waals surface area contributed by atoms with Gasteiger partial charge in [-0.05, 0) is 56.6 Å². The van der Waals surface area contributed by atoms with Crippen molar-refractivity contribution in [2.24, 2.45) is 23.7 Å². The molecule has 6 nitrogen and oxygen atoms in total. The molecule has 1 heterocycles. The molecule has 2 amide bonds. The molecule has 1 saturated heterocycles. The molecule has 1 aromatic rings. The van der Waals surface area contributed by atoms with Crippen LogP contribution in [-0.4, -0.2) is 50.8 Å². The summed E-state index contributed by atoms with van der Waals surface area (Å²) in [6, 6.07) is 7.12. The van der Waals surface area contributed by atoms with Crippen LogP contribution in [0.25, 0.3) is 6.08 Å². The summed E-state index contributed by atoms with van der Waals surface area (Å²) in [6.45, 7) is 5.83. The molecule has 36 heavy (non-hydrogen) atoms. The van der Waals surface area contributed by atoms with Crippen LogP contribution in [0, 0.1) is 23.7 Å². The smallest absolute Gasteiger partial charge is 0.234 e. The number of amides is 2. The molecular formula is C30H41NO5. The minimum Gasteiger partial charge on any atom is -0.507 e. The molecular weight excluding hydrogens is 454 g/mol. The van der Waals surface area contributed by atoms with Crippen molar-refractivity contribution in [3.05, 3.63) is 46.5 Å². The fourth-order valence-corrected chi connectivity index (χ4v) is 6.64. The second kappa shape index (κ2) is 11.3. The number of rotatable bonds is 8. The quantitative estimate of drug-likeness (QED) is 0.354. The molecule has 0 unspecified atom stereocenters. The van der Waals surface area contributed by atoms with E-state index in [1.165, 1.54) is 4.90 Å². The summed E-state index contributed by atoms with van der Waals surface area (Å²) in [7, 11) is 0. The van der Waals surface area contributed by atoms with Crippen molar-refractivity contribution in [2.45, 2.75) is 84.3 Å². The zero-order valence-electron chi connectivity index (χ0n) is 21.8. The number of para-hydroxylation sites is 1. The van der Waals surface area contributed by atoms with Crippen LogP contribution in [-0.2, 0) is 9.59 Å². The highest BCUT2D eigenvalue weighted by atomic mass is 16.3. The molecule has 4 atom stereocenters. The summed E-state index contributed by atoms with van der Waals surface area (Å²) in [4.78, 5) is 28.6. The molecule has 2 fully saturated rings. The molecule has 196 valence electrons. The Balaban J connectivity index is 1.57. The predicted octanol–water partition coefficient (Wildman–Crippen LogP) is 4.84. The fraction of sp³-hybridized carbons (Fsp3) is 0.600. The summed E-state index contributed by atoms with van der Waals surface area (Å²) in [5.41, 5.74) is 3.53. The van der Waals surface area contributed by atoms with Gasteiger partial charge in [-0.1, -0.05) is 68.5 Å². The molecule has 0 bridgehead atoms. The third-order valence-electron chi connectivity index (χ3n) is 8.50. The molecule has 1 aliphatic heterocycles. The largest absolute Gasteiger partial charge is 0.507 e. The minimum absolute atomic E-state index is 0.0262. The third-order valence-corrected chi connectivity index (χ3v) is 8.50. The first-order valence-corrected chi connectivity index (χ1v) is 13.6. The summed E-state index contributed by atoms with van der Waals surface area (Å²) < 4.78 is 0. The van der Waals surface area contributed by atoms with Crippen LogP contribution in [0.15, 0.2) is 41.0 Å². The number of phenols is 1. The Morgan fingerprint density at radius 2 is 1.81 bits per heavy atom. The predicted molar refractivity (Wildman–Crippen MR) is 140 cm³/mol. The number of carbonyl (C=O) groups excluding carboxylic acids is 2. The first-order valence-electron chi connectivity index (χ1n) is 13.6. The zero-order chi connectivity index (χ0) is 26.0. The maximum Gasteiger partial charge on any atom is 0.234 e. The Hall–Kier alpha value is -2.44. The van der Waals surface area contributed by atoms with E-state index in [0.29, 0.717) is 19.3 Å². The van der Waals surface area contributed by atoms with Gasteiger partial charge in [0.25, 0.3) is 0 Å². The van der Waals surface area contributed by atoms with E-state index in [1.807, 2.05) is 25.1 Å². The molecule has 0 aromatic heterocycles. The van der Waals surface area contributed by atoms with Crippen molar-refractivity contribution in [1.82, 2.24) is 4.90 Å². The second-order valence-electron chi connectivity index (χ2n) is 11.2. The maximum atomic E-state index is 13.6. The number of imide groups is 1. The van der Waals surface area contributed by atoms with Gasteiger partial charge in [0.05, 0.1) is 24.5 Å². The number of aromatic hydroxyl groups is 1. The number of nitrogens with zero attached hydrogens (tertiary/aromatic N) is 1. The number of benzene rings is 1. The Labute approximate surface area is 214 Å². The van der Waals surface area contributed by atoms with Gasteiger partial charge in [0.15, 0.2) is 0 Å². The summed E-state index contributed by atoms with van der Waals surface area (Å²) in [6.07, 6.45) is 7.59. The second-order valence-corrected chi connectivity index (χ2v) is 11.2. The van der Waals surface area contributed by atoms with Crippen molar-refractivity contribution >= 4 is 17.9 Å². The van der Waals surface area contributed by atoms with E-state index < -0.39 is 23.9 Å². The van der Waals surface area contributed by atoms with Crippen LogP contribution in [0.4, 0.5) is 0 Å². The number of likely N-dealkylation sites (tertiary alicyclic amines) is 1. The Morgan fingerprint density at radius 3 is 2.44 bits per heavy atom. The third kappa shape index (κ3) is 5.16. The fourth-order valence-electron chi connectivity index (χ4n) is 6.64. The Kier molecular flexibility index (Phi) is 8.36. The lowest BCUT2D eigenvalue weighted by atomic mass is 9.66. The molecule has 6 heteroatoms. The maximum absolute atomic E-state index is 13.6. The van der Waals surface area contributed by atoms with Crippen molar-refractivity contribution in [1.29, 1.82) is 0 Å². The van der Waals surface area contributed by atoms with E-state index in [2.05, 4.69) is 13.8 Å². The summed E-state index contributed by atoms with van der Waals surface area (Å²) in [5.74, 6) is -1.48. The Morgan fingerprint density at radius 1 is 1.11 bits per heavy atom. The van der Waals surface area contributed by atoms with E-state index in [0.717, 1.165) is 54.4 Å². The van der Waals surface area contributed by atoms with E-state index in [-0.39, 0.29) is 36.1 Å². The van der Waals surface area contributed by atoms with E-state index in [9.17, 15) is 24.9 Å². The molecule has 0 spiro atoms. The summed E-state index contributed by atoms with van der Waals surface area (Å²) in [5, 5.41) is 31.9. The monoisotopic (exact) mass is 495 g/mol. The SMILES string of the molecule is C/C(=C\c1ccccc1O)CC[C@@H](O)C1=C(C(C)C)C[C@H]2C(=O)N(C3CCCCC3)C(=O)[C@H]2[C@H]1CO. The standard InChI is InChI=1S/C30H41NO5/c1-18(2)22-16-23-28(30(36)31(29(23)35)21-10-5-4-6-11-21)24(17-32)27(22)26(34)14-13-19(3)15-20-9-7-8-12-25(20)33/h7-9,12,15,18,21,23-24,26,28,32-34H,4-6,10-11,13-14,16-17H2,1-3H3/b19-15+/t23-,24+,26-,28-/m1/s1. The lowest BCUT2D eigenvalue weighted by Crippen LogP contribution is -2.42. The van der Waals surface area contributed by atoms with Gasteiger partial charge in [-0.3, -0.25) is 14.5 Å². The van der Waals surface area contributed by atoms with Crippen molar-refractivity contribution in [3.8, 4) is 5.75 Å².